The summed E-state index contributed by atoms with van der Waals surface area (Å²) in [5, 5.41) is 0. The van der Waals surface area contributed by atoms with Crippen LogP contribution in [-0.2, 0) is 10.3 Å². The van der Waals surface area contributed by atoms with E-state index in [-0.39, 0.29) is 18.4 Å². The van der Waals surface area contributed by atoms with E-state index in [9.17, 15) is 0 Å². The van der Waals surface area contributed by atoms with Crippen LogP contribution in [-0.4, -0.2) is 20.3 Å². The zero-order valence-corrected chi connectivity index (χ0v) is 18.3. The number of rotatable bonds is 9. The summed E-state index contributed by atoms with van der Waals surface area (Å²) in [5.74, 6) is 0.856. The molecule has 0 radical (unpaired) electrons. The van der Waals surface area contributed by atoms with E-state index < -0.39 is 5.60 Å². The molecule has 3 nitrogen and oxygen atoms in total. The Morgan fingerprint density at radius 3 is 1.83 bits per heavy atom. The van der Waals surface area contributed by atoms with Crippen LogP contribution in [0.2, 0.25) is 0 Å². The molecule has 0 amide bonds. The average molecular weight is 424 g/mol. The highest BCUT2D eigenvalue weighted by Gasteiger charge is 2.35. The standard InChI is InChI=1S/C26H29NO2.ClH/c1-28-25-18-16-21(17-19-25)10-9-15-24(27)20-26(29-2,22-11-5-3-6-12-22)23-13-7-4-8-14-23;/h3-14,16-19,24H,15,20,27H2,1-2H3;1H/b10-9+;. The Labute approximate surface area is 185 Å². The van der Waals surface area contributed by atoms with Crippen LogP contribution in [0.15, 0.2) is 91.0 Å². The number of nitrogens with two attached hydrogens (primary N) is 1. The third-order valence-electron chi connectivity index (χ3n) is 5.24. The molecular formula is C26H30ClNO2. The molecule has 0 aliphatic heterocycles. The molecular weight excluding hydrogens is 394 g/mol. The van der Waals surface area contributed by atoms with Crippen LogP contribution in [0.1, 0.15) is 29.5 Å². The molecule has 0 saturated carbocycles. The average Bonchev–Trinajstić information content (AvgIpc) is 2.79. The highest BCUT2D eigenvalue weighted by molar-refractivity contribution is 5.85. The second-order valence-corrected chi connectivity index (χ2v) is 7.14. The van der Waals surface area contributed by atoms with Crippen LogP contribution in [0.4, 0.5) is 0 Å². The molecule has 0 saturated heterocycles. The van der Waals surface area contributed by atoms with Gasteiger partial charge < -0.3 is 15.2 Å². The first kappa shape index (κ1) is 23.7. The lowest BCUT2D eigenvalue weighted by molar-refractivity contribution is 0.00913. The smallest absolute Gasteiger partial charge is 0.119 e. The van der Waals surface area contributed by atoms with E-state index in [1.807, 2.05) is 60.7 Å². The van der Waals surface area contributed by atoms with Gasteiger partial charge in [0.05, 0.1) is 7.11 Å². The molecule has 158 valence electrons. The van der Waals surface area contributed by atoms with Gasteiger partial charge >= 0.3 is 0 Å². The minimum Gasteiger partial charge on any atom is -0.497 e. The Bertz CT molecular complexity index is 856. The van der Waals surface area contributed by atoms with Crippen molar-refractivity contribution in [1.82, 2.24) is 0 Å². The summed E-state index contributed by atoms with van der Waals surface area (Å²) in [6.45, 7) is 0. The quantitative estimate of drug-likeness (QED) is 0.471. The van der Waals surface area contributed by atoms with Crippen LogP contribution in [0, 0.1) is 0 Å². The van der Waals surface area contributed by atoms with E-state index in [2.05, 4.69) is 36.4 Å². The maximum absolute atomic E-state index is 6.57. The van der Waals surface area contributed by atoms with Crippen LogP contribution < -0.4 is 10.5 Å². The van der Waals surface area contributed by atoms with E-state index in [4.69, 9.17) is 15.2 Å². The normalized spacial score (nSPS) is 12.4. The van der Waals surface area contributed by atoms with E-state index in [1.54, 1.807) is 14.2 Å². The molecule has 0 aliphatic rings. The lowest BCUT2D eigenvalue weighted by atomic mass is 9.80. The molecule has 0 spiro atoms. The predicted molar refractivity (Wildman–Crippen MR) is 127 cm³/mol. The Kier molecular flexibility index (Phi) is 9.13. The lowest BCUT2D eigenvalue weighted by Gasteiger charge is -2.35. The number of methoxy groups -OCH3 is 2. The number of halogens is 1. The van der Waals surface area contributed by atoms with Gasteiger partial charge in [0, 0.05) is 19.6 Å². The number of hydrogen-bond donors (Lipinski definition) is 1. The molecule has 1 unspecified atom stereocenters. The maximum atomic E-state index is 6.57. The van der Waals surface area contributed by atoms with E-state index in [0.717, 1.165) is 28.9 Å². The lowest BCUT2D eigenvalue weighted by Crippen LogP contribution is -2.37. The van der Waals surface area contributed by atoms with Crippen molar-refractivity contribution in [2.45, 2.75) is 24.5 Å². The van der Waals surface area contributed by atoms with E-state index in [0.29, 0.717) is 6.42 Å². The highest BCUT2D eigenvalue weighted by atomic mass is 35.5. The fraction of sp³-hybridized carbons (Fsp3) is 0.231. The first-order chi connectivity index (χ1) is 14.2. The molecule has 0 fully saturated rings. The van der Waals surface area contributed by atoms with Gasteiger partial charge in [0.15, 0.2) is 0 Å². The molecule has 0 aliphatic carbocycles. The van der Waals surface area contributed by atoms with Crippen molar-refractivity contribution in [3.8, 4) is 5.75 Å². The van der Waals surface area contributed by atoms with Gasteiger partial charge in [-0.15, -0.1) is 12.4 Å². The molecule has 2 N–H and O–H groups in total. The van der Waals surface area contributed by atoms with Gasteiger partial charge in [-0.1, -0.05) is 84.9 Å². The Balaban J connectivity index is 0.00000320. The van der Waals surface area contributed by atoms with Crippen LogP contribution in [0.5, 0.6) is 5.75 Å². The van der Waals surface area contributed by atoms with Gasteiger partial charge in [-0.2, -0.15) is 0 Å². The van der Waals surface area contributed by atoms with Gasteiger partial charge in [0.1, 0.15) is 11.4 Å². The largest absolute Gasteiger partial charge is 0.497 e. The van der Waals surface area contributed by atoms with Crippen molar-refractivity contribution in [2.24, 2.45) is 5.73 Å². The summed E-state index contributed by atoms with van der Waals surface area (Å²) in [5.41, 5.74) is 9.35. The Morgan fingerprint density at radius 2 is 1.37 bits per heavy atom. The molecule has 1 atom stereocenters. The van der Waals surface area contributed by atoms with E-state index in [1.165, 1.54) is 0 Å². The SMILES string of the molecule is COc1ccc(/C=C/CC(N)CC(OC)(c2ccccc2)c2ccccc2)cc1.Cl. The van der Waals surface area contributed by atoms with Gasteiger partial charge in [-0.25, -0.2) is 0 Å². The van der Waals surface area contributed by atoms with Crippen molar-refractivity contribution in [3.63, 3.8) is 0 Å². The summed E-state index contributed by atoms with van der Waals surface area (Å²) in [6.07, 6.45) is 5.67. The zero-order valence-electron chi connectivity index (χ0n) is 17.5. The third kappa shape index (κ3) is 5.73. The summed E-state index contributed by atoms with van der Waals surface area (Å²) >= 11 is 0. The number of ether oxygens (including phenoxy) is 2. The van der Waals surface area contributed by atoms with Gasteiger partial charge in [-0.3, -0.25) is 0 Å². The third-order valence-corrected chi connectivity index (χ3v) is 5.24. The Hall–Kier alpha value is -2.59. The second-order valence-electron chi connectivity index (χ2n) is 7.14. The zero-order chi connectivity index (χ0) is 20.5. The molecule has 0 bridgehead atoms. The molecule has 0 heterocycles. The fourth-order valence-electron chi connectivity index (χ4n) is 3.68. The predicted octanol–water partition coefficient (Wildman–Crippen LogP) is 5.83. The fourth-order valence-corrected chi connectivity index (χ4v) is 3.68. The number of hydrogen-bond acceptors (Lipinski definition) is 3. The summed E-state index contributed by atoms with van der Waals surface area (Å²) in [6, 6.07) is 28.6. The molecule has 3 aromatic rings. The van der Waals surface area contributed by atoms with Crippen molar-refractivity contribution in [2.75, 3.05) is 14.2 Å². The van der Waals surface area contributed by atoms with Crippen molar-refractivity contribution < 1.29 is 9.47 Å². The first-order valence-electron chi connectivity index (χ1n) is 9.90. The molecule has 0 aromatic heterocycles. The van der Waals surface area contributed by atoms with Crippen LogP contribution in [0.25, 0.3) is 6.08 Å². The monoisotopic (exact) mass is 423 g/mol. The molecule has 4 heteroatoms. The van der Waals surface area contributed by atoms with Crippen molar-refractivity contribution in [1.29, 1.82) is 0 Å². The molecule has 3 aromatic carbocycles. The molecule has 3 rings (SSSR count). The Morgan fingerprint density at radius 1 is 0.833 bits per heavy atom. The topological polar surface area (TPSA) is 44.5 Å². The molecule has 30 heavy (non-hydrogen) atoms. The van der Waals surface area contributed by atoms with Gasteiger partial charge in [-0.05, 0) is 35.2 Å². The maximum Gasteiger partial charge on any atom is 0.119 e. The number of benzene rings is 3. The summed E-state index contributed by atoms with van der Waals surface area (Å²) < 4.78 is 11.4. The first-order valence-corrected chi connectivity index (χ1v) is 9.90. The van der Waals surface area contributed by atoms with Crippen molar-refractivity contribution >= 4 is 18.5 Å². The van der Waals surface area contributed by atoms with Crippen LogP contribution >= 0.6 is 12.4 Å². The van der Waals surface area contributed by atoms with Gasteiger partial charge in [0.2, 0.25) is 0 Å². The van der Waals surface area contributed by atoms with E-state index >= 15 is 0 Å². The van der Waals surface area contributed by atoms with Crippen molar-refractivity contribution in [3.05, 3.63) is 108 Å². The second kappa shape index (κ2) is 11.6. The minimum atomic E-state index is -0.574. The highest BCUT2D eigenvalue weighted by Crippen LogP contribution is 2.37. The summed E-state index contributed by atoms with van der Waals surface area (Å²) in [7, 11) is 3.44. The van der Waals surface area contributed by atoms with Crippen LogP contribution in [0.3, 0.4) is 0 Å². The van der Waals surface area contributed by atoms with Gasteiger partial charge in [0.25, 0.3) is 0 Å². The minimum absolute atomic E-state index is 0. The summed E-state index contributed by atoms with van der Waals surface area (Å²) in [4.78, 5) is 0.